The molecule has 0 saturated carbocycles. The summed E-state index contributed by atoms with van der Waals surface area (Å²) in [6.45, 7) is 9.44. The third-order valence-electron chi connectivity index (χ3n) is 18.1. The molecule has 2 aliphatic carbocycles. The van der Waals surface area contributed by atoms with Crippen molar-refractivity contribution in [3.63, 3.8) is 0 Å². The fourth-order valence-corrected chi connectivity index (χ4v) is 14.2. The standard InChI is InChI=1S/C74H51N5/c1-73(2)60-19-9-5-15-50(60)52-31-29-48(41-62(52)73)77-66-23-13-7-17-54(66)56-37-44(25-33-68(56)77)46-27-35-70-58(39-46)59-40-47(28-36-71(59)79(70)72-43-75-64-21-11-12-22-65(64)76-72)45-26-34-69-57(38-45)55-18-8-14-24-67(55)78(69)49-30-32-53-51-16-6-10-20-61(51)74(3,4)63(53)42-49/h5-43H,1-4H3. The molecule has 2 aliphatic rings. The van der Waals surface area contributed by atoms with Crippen LogP contribution in [0.4, 0.5) is 0 Å². The molecule has 0 spiro atoms. The van der Waals surface area contributed by atoms with Gasteiger partial charge in [0.1, 0.15) is 0 Å². The predicted molar refractivity (Wildman–Crippen MR) is 329 cm³/mol. The first-order valence-electron chi connectivity index (χ1n) is 27.5. The van der Waals surface area contributed by atoms with Gasteiger partial charge in [-0.3, -0.25) is 9.55 Å². The molecule has 0 saturated heterocycles. The largest absolute Gasteiger partial charge is 0.309 e. The van der Waals surface area contributed by atoms with Gasteiger partial charge < -0.3 is 9.13 Å². The third kappa shape index (κ3) is 6.16. The summed E-state index contributed by atoms with van der Waals surface area (Å²) in [7, 11) is 0. The van der Waals surface area contributed by atoms with Gasteiger partial charge in [0.25, 0.3) is 0 Å². The molecule has 17 rings (SSSR count). The normalized spacial score (nSPS) is 14.0. The zero-order valence-electron chi connectivity index (χ0n) is 44.3. The molecule has 4 heterocycles. The van der Waals surface area contributed by atoms with Crippen LogP contribution in [0.5, 0.6) is 0 Å². The Hall–Kier alpha value is -9.84. The SMILES string of the molecule is CC1(C)c2ccccc2-c2ccc(-n3c4ccccc4c4cc(-c5ccc6c(c5)c5cc(-c7ccc8c(c7)c7ccccc7n8-c7ccc8c(c7)C(C)(C)c7ccccc7-8)ccc5n6-c5cnc6ccccc6n5)ccc43)cc21. The highest BCUT2D eigenvalue weighted by atomic mass is 15.1. The van der Waals surface area contributed by atoms with Crippen molar-refractivity contribution in [2.75, 3.05) is 0 Å². The number of rotatable bonds is 5. The maximum atomic E-state index is 5.23. The lowest BCUT2D eigenvalue weighted by molar-refractivity contribution is 0.660. The van der Waals surface area contributed by atoms with Gasteiger partial charge >= 0.3 is 0 Å². The van der Waals surface area contributed by atoms with E-state index < -0.39 is 0 Å². The van der Waals surface area contributed by atoms with Crippen LogP contribution >= 0.6 is 0 Å². The number of benzene rings is 11. The predicted octanol–water partition coefficient (Wildman–Crippen LogP) is 18.9. The topological polar surface area (TPSA) is 40.6 Å². The Balaban J connectivity index is 0.817. The first-order chi connectivity index (χ1) is 38.7. The lowest BCUT2D eigenvalue weighted by atomic mass is 9.82. The highest BCUT2D eigenvalue weighted by molar-refractivity contribution is 6.15. The Morgan fingerprint density at radius 1 is 0.291 bits per heavy atom. The zero-order chi connectivity index (χ0) is 52.5. The number of nitrogens with zero attached hydrogens (tertiary/aromatic N) is 5. The molecule has 0 fully saturated rings. The van der Waals surface area contributed by atoms with E-state index in [0.29, 0.717) is 0 Å². The van der Waals surface area contributed by atoms with Crippen LogP contribution in [0.25, 0.3) is 138 Å². The van der Waals surface area contributed by atoms with Crippen molar-refractivity contribution in [2.45, 2.75) is 38.5 Å². The van der Waals surface area contributed by atoms with Crippen molar-refractivity contribution < 1.29 is 0 Å². The summed E-state index contributed by atoms with van der Waals surface area (Å²) in [5.74, 6) is 0.792. The van der Waals surface area contributed by atoms with E-state index in [9.17, 15) is 0 Å². The van der Waals surface area contributed by atoms with E-state index in [4.69, 9.17) is 9.97 Å². The summed E-state index contributed by atoms with van der Waals surface area (Å²) in [4.78, 5) is 10.1. The van der Waals surface area contributed by atoms with Crippen LogP contribution in [0.1, 0.15) is 49.9 Å². The quantitative estimate of drug-likeness (QED) is 0.172. The molecule has 5 nitrogen and oxygen atoms in total. The summed E-state index contributed by atoms with van der Waals surface area (Å²) >= 11 is 0. The smallest absolute Gasteiger partial charge is 0.156 e. The van der Waals surface area contributed by atoms with Crippen LogP contribution in [0.2, 0.25) is 0 Å². The van der Waals surface area contributed by atoms with Crippen molar-refractivity contribution in [3.05, 3.63) is 259 Å². The van der Waals surface area contributed by atoms with E-state index in [0.717, 1.165) is 49.8 Å². The van der Waals surface area contributed by atoms with Gasteiger partial charge in [0.05, 0.1) is 50.3 Å². The van der Waals surface area contributed by atoms with E-state index in [-0.39, 0.29) is 10.8 Å². The minimum Gasteiger partial charge on any atom is -0.309 e. The molecule has 0 amide bonds. The molecular formula is C74H51N5. The molecule has 5 heteroatoms. The number of para-hydroxylation sites is 4. The zero-order valence-corrected chi connectivity index (χ0v) is 44.3. The Labute approximate surface area is 456 Å². The number of fused-ring (bicyclic) bond motifs is 16. The number of hydrogen-bond acceptors (Lipinski definition) is 2. The maximum Gasteiger partial charge on any atom is 0.156 e. The van der Waals surface area contributed by atoms with E-state index in [1.54, 1.807) is 0 Å². The molecular weight excluding hydrogens is 959 g/mol. The first kappa shape index (κ1) is 44.3. The monoisotopic (exact) mass is 1010 g/mol. The first-order valence-corrected chi connectivity index (χ1v) is 27.5. The molecule has 15 aromatic rings. The van der Waals surface area contributed by atoms with Crippen molar-refractivity contribution >= 4 is 76.5 Å². The molecule has 79 heavy (non-hydrogen) atoms. The minimum absolute atomic E-state index is 0.0950. The van der Waals surface area contributed by atoms with Crippen molar-refractivity contribution in [1.29, 1.82) is 0 Å². The lowest BCUT2D eigenvalue weighted by Gasteiger charge is -2.22. The molecule has 0 unspecified atom stereocenters. The maximum absolute atomic E-state index is 5.23. The number of aromatic nitrogens is 5. The summed E-state index contributed by atoms with van der Waals surface area (Å²) in [5.41, 5.74) is 26.4. The molecule has 0 bridgehead atoms. The van der Waals surface area contributed by atoms with E-state index in [1.165, 1.54) is 111 Å². The second-order valence-electron chi connectivity index (χ2n) is 23.0. The van der Waals surface area contributed by atoms with Crippen LogP contribution in [0.15, 0.2) is 237 Å². The molecule has 11 aromatic carbocycles. The van der Waals surface area contributed by atoms with E-state index >= 15 is 0 Å². The van der Waals surface area contributed by atoms with Gasteiger partial charge in [-0.25, -0.2) is 4.98 Å². The Kier molecular flexibility index (Phi) is 8.90. The summed E-state index contributed by atoms with van der Waals surface area (Å²) in [5, 5.41) is 7.26. The van der Waals surface area contributed by atoms with Crippen molar-refractivity contribution in [3.8, 4) is 61.7 Å². The molecule has 0 N–H and O–H groups in total. The lowest BCUT2D eigenvalue weighted by Crippen LogP contribution is -2.15. The molecule has 4 aromatic heterocycles. The highest BCUT2D eigenvalue weighted by Crippen LogP contribution is 2.51. The molecule has 0 aliphatic heterocycles. The van der Waals surface area contributed by atoms with Crippen LogP contribution < -0.4 is 0 Å². The third-order valence-corrected chi connectivity index (χ3v) is 18.1. The average Bonchev–Trinajstić information content (AvgIpc) is 4.31. The van der Waals surface area contributed by atoms with Gasteiger partial charge in [-0.15, -0.1) is 0 Å². The molecule has 0 radical (unpaired) electrons. The van der Waals surface area contributed by atoms with Gasteiger partial charge in [-0.1, -0.05) is 161 Å². The number of hydrogen-bond donors (Lipinski definition) is 0. The fraction of sp³-hybridized carbons (Fsp3) is 0.0811. The van der Waals surface area contributed by atoms with Crippen molar-refractivity contribution in [1.82, 2.24) is 23.7 Å². The Bertz CT molecular complexity index is 4870. The average molecular weight is 1010 g/mol. The summed E-state index contributed by atoms with van der Waals surface area (Å²) < 4.78 is 7.20. The van der Waals surface area contributed by atoms with Crippen molar-refractivity contribution in [2.24, 2.45) is 0 Å². The summed E-state index contributed by atoms with van der Waals surface area (Å²) in [6, 6.07) is 85.7. The van der Waals surface area contributed by atoms with Crippen LogP contribution in [-0.2, 0) is 10.8 Å². The second-order valence-corrected chi connectivity index (χ2v) is 23.0. The molecule has 372 valence electrons. The van der Waals surface area contributed by atoms with Gasteiger partial charge in [-0.05, 0) is 164 Å². The van der Waals surface area contributed by atoms with Crippen LogP contribution in [0, 0.1) is 0 Å². The minimum atomic E-state index is -0.0950. The van der Waals surface area contributed by atoms with Gasteiger partial charge in [0.15, 0.2) is 5.82 Å². The fourth-order valence-electron chi connectivity index (χ4n) is 14.2. The Morgan fingerprint density at radius 2 is 0.658 bits per heavy atom. The van der Waals surface area contributed by atoms with Gasteiger partial charge in [0, 0.05) is 54.5 Å². The second kappa shape index (κ2) is 15.9. The van der Waals surface area contributed by atoms with Crippen LogP contribution in [0.3, 0.4) is 0 Å². The molecule has 0 atom stereocenters. The highest BCUT2D eigenvalue weighted by Gasteiger charge is 2.37. The van der Waals surface area contributed by atoms with Gasteiger partial charge in [-0.2, -0.15) is 0 Å². The van der Waals surface area contributed by atoms with E-state index in [2.05, 4.69) is 248 Å². The Morgan fingerprint density at radius 3 is 1.14 bits per heavy atom. The van der Waals surface area contributed by atoms with Crippen LogP contribution in [-0.4, -0.2) is 23.7 Å². The van der Waals surface area contributed by atoms with E-state index in [1.807, 2.05) is 30.5 Å². The van der Waals surface area contributed by atoms with Gasteiger partial charge in [0.2, 0.25) is 0 Å². The summed E-state index contributed by atoms with van der Waals surface area (Å²) in [6.07, 6.45) is 1.91.